The van der Waals surface area contributed by atoms with Gasteiger partial charge in [-0.25, -0.2) is 8.42 Å². The first-order valence-electron chi connectivity index (χ1n) is 12.1. The third-order valence-electron chi connectivity index (χ3n) is 6.83. The molecule has 1 saturated heterocycles. The molecule has 35 heavy (non-hydrogen) atoms. The molecule has 2 heterocycles. The lowest BCUT2D eigenvalue weighted by Gasteiger charge is -2.26. The fourth-order valence-corrected chi connectivity index (χ4v) is 6.21. The van der Waals surface area contributed by atoms with Crippen LogP contribution in [0.2, 0.25) is 0 Å². The minimum atomic E-state index is -3.62. The molecule has 0 aliphatic carbocycles. The summed E-state index contributed by atoms with van der Waals surface area (Å²) in [4.78, 5) is 14.8. The van der Waals surface area contributed by atoms with Crippen molar-refractivity contribution in [2.75, 3.05) is 37.2 Å². The van der Waals surface area contributed by atoms with E-state index in [0.717, 1.165) is 27.9 Å². The molecule has 0 atom stereocenters. The lowest BCUT2D eigenvalue weighted by Crippen LogP contribution is -2.40. The second kappa shape index (κ2) is 9.47. The van der Waals surface area contributed by atoms with Crippen molar-refractivity contribution in [3.05, 3.63) is 83.4 Å². The van der Waals surface area contributed by atoms with Gasteiger partial charge >= 0.3 is 0 Å². The molecule has 0 unspecified atom stereocenters. The maximum Gasteiger partial charge on any atom is 0.264 e. The van der Waals surface area contributed by atoms with Crippen LogP contribution in [0.3, 0.4) is 0 Å². The largest absolute Gasteiger partial charge is 0.378 e. The highest BCUT2D eigenvalue weighted by Gasteiger charge is 2.31. The number of morpholine rings is 1. The molecule has 3 aromatic carbocycles. The van der Waals surface area contributed by atoms with E-state index in [1.807, 2.05) is 53.4 Å². The first-order valence-corrected chi connectivity index (χ1v) is 13.5. The van der Waals surface area contributed by atoms with E-state index < -0.39 is 10.0 Å². The highest BCUT2D eigenvalue weighted by Crippen LogP contribution is 2.36. The van der Waals surface area contributed by atoms with Crippen LogP contribution in [0.1, 0.15) is 41.3 Å². The van der Waals surface area contributed by atoms with Gasteiger partial charge < -0.3 is 9.64 Å². The van der Waals surface area contributed by atoms with Crippen molar-refractivity contribution in [1.82, 2.24) is 4.90 Å². The summed E-state index contributed by atoms with van der Waals surface area (Å²) in [6, 6.07) is 20.7. The van der Waals surface area contributed by atoms with Crippen LogP contribution in [-0.4, -0.2) is 52.1 Å². The molecule has 182 valence electrons. The summed E-state index contributed by atoms with van der Waals surface area (Å²) < 4.78 is 33.5. The van der Waals surface area contributed by atoms with Gasteiger partial charge in [-0.15, -0.1) is 0 Å². The molecular formula is C28H30N2O4S. The number of carbonyl (C=O) groups is 1. The first-order chi connectivity index (χ1) is 16.8. The van der Waals surface area contributed by atoms with E-state index in [9.17, 15) is 13.2 Å². The lowest BCUT2D eigenvalue weighted by molar-refractivity contribution is 0.0303. The van der Waals surface area contributed by atoms with Gasteiger partial charge in [0.1, 0.15) is 0 Å². The predicted octanol–water partition coefficient (Wildman–Crippen LogP) is 4.70. The molecule has 5 rings (SSSR count). The minimum Gasteiger partial charge on any atom is -0.378 e. The Hall–Kier alpha value is -3.16. The van der Waals surface area contributed by atoms with Gasteiger partial charge in [-0.2, -0.15) is 0 Å². The number of hydrogen-bond acceptors (Lipinski definition) is 4. The third-order valence-corrected chi connectivity index (χ3v) is 8.66. The average molecular weight is 491 g/mol. The standard InChI is InChI=1S/C28H30N2O4S/c1-20(2)21-7-10-26(11-8-21)35(32,33)30-14-13-25-19-24(9-12-27(25)30)22-3-5-23(6-4-22)28(31)29-15-17-34-18-16-29/h3-12,19-20H,13-18H2,1-2H3. The first kappa shape index (κ1) is 23.6. The molecule has 2 aliphatic heterocycles. The number of benzene rings is 3. The van der Waals surface area contributed by atoms with Crippen LogP contribution in [-0.2, 0) is 21.2 Å². The Kier molecular flexibility index (Phi) is 6.38. The van der Waals surface area contributed by atoms with E-state index >= 15 is 0 Å². The van der Waals surface area contributed by atoms with Gasteiger partial charge in [0.25, 0.3) is 15.9 Å². The zero-order chi connectivity index (χ0) is 24.6. The maximum absolute atomic E-state index is 13.3. The number of hydrogen-bond donors (Lipinski definition) is 0. The van der Waals surface area contributed by atoms with Gasteiger partial charge in [0.2, 0.25) is 0 Å². The summed E-state index contributed by atoms with van der Waals surface area (Å²) in [7, 11) is -3.62. The van der Waals surface area contributed by atoms with Crippen LogP contribution in [0.25, 0.3) is 11.1 Å². The number of ether oxygens (including phenoxy) is 1. The fraction of sp³-hybridized carbons (Fsp3) is 0.321. The van der Waals surface area contributed by atoms with Crippen LogP contribution in [0.15, 0.2) is 71.6 Å². The predicted molar refractivity (Wildman–Crippen MR) is 137 cm³/mol. The van der Waals surface area contributed by atoms with E-state index in [1.165, 1.54) is 4.31 Å². The van der Waals surface area contributed by atoms with Crippen molar-refractivity contribution in [3.8, 4) is 11.1 Å². The molecule has 3 aromatic rings. The Bertz CT molecular complexity index is 1330. The molecule has 0 bridgehead atoms. The zero-order valence-corrected chi connectivity index (χ0v) is 20.9. The van der Waals surface area contributed by atoms with Gasteiger partial charge in [0.05, 0.1) is 23.8 Å². The van der Waals surface area contributed by atoms with Crippen molar-refractivity contribution in [2.45, 2.75) is 31.1 Å². The zero-order valence-electron chi connectivity index (χ0n) is 20.1. The smallest absolute Gasteiger partial charge is 0.264 e. The fourth-order valence-electron chi connectivity index (χ4n) is 4.71. The van der Waals surface area contributed by atoms with Crippen molar-refractivity contribution < 1.29 is 17.9 Å². The Morgan fingerprint density at radius 2 is 1.51 bits per heavy atom. The molecule has 1 amide bonds. The minimum absolute atomic E-state index is 0.0241. The third kappa shape index (κ3) is 4.58. The van der Waals surface area contributed by atoms with Crippen LogP contribution in [0, 0.1) is 0 Å². The van der Waals surface area contributed by atoms with Gasteiger partial charge in [-0.1, -0.05) is 44.2 Å². The van der Waals surface area contributed by atoms with E-state index in [4.69, 9.17) is 4.74 Å². The van der Waals surface area contributed by atoms with Crippen molar-refractivity contribution in [1.29, 1.82) is 0 Å². The van der Waals surface area contributed by atoms with E-state index in [1.54, 1.807) is 12.1 Å². The van der Waals surface area contributed by atoms with Gasteiger partial charge in [-0.3, -0.25) is 9.10 Å². The van der Waals surface area contributed by atoms with Crippen LogP contribution < -0.4 is 4.31 Å². The van der Waals surface area contributed by atoms with Crippen molar-refractivity contribution in [3.63, 3.8) is 0 Å². The number of amides is 1. The Morgan fingerprint density at radius 3 is 2.17 bits per heavy atom. The normalized spacial score (nSPS) is 16.0. The number of carbonyl (C=O) groups excluding carboxylic acids is 1. The lowest BCUT2D eigenvalue weighted by atomic mass is 10.0. The molecule has 0 radical (unpaired) electrons. The van der Waals surface area contributed by atoms with Crippen molar-refractivity contribution >= 4 is 21.6 Å². The highest BCUT2D eigenvalue weighted by atomic mass is 32.2. The second-order valence-corrected chi connectivity index (χ2v) is 11.2. The van der Waals surface area contributed by atoms with E-state index in [2.05, 4.69) is 19.9 Å². The molecular weight excluding hydrogens is 460 g/mol. The SMILES string of the molecule is CC(C)c1ccc(S(=O)(=O)N2CCc3cc(-c4ccc(C(=O)N5CCOCC5)cc4)ccc32)cc1. The van der Waals surface area contributed by atoms with Crippen LogP contribution >= 0.6 is 0 Å². The molecule has 0 saturated carbocycles. The summed E-state index contributed by atoms with van der Waals surface area (Å²) in [5.74, 6) is 0.375. The molecule has 0 spiro atoms. The number of nitrogens with zero attached hydrogens (tertiary/aromatic N) is 2. The summed E-state index contributed by atoms with van der Waals surface area (Å²) in [5.41, 5.74) is 5.54. The molecule has 0 aromatic heterocycles. The maximum atomic E-state index is 13.3. The molecule has 2 aliphatic rings. The number of sulfonamides is 1. The second-order valence-electron chi connectivity index (χ2n) is 9.38. The highest BCUT2D eigenvalue weighted by molar-refractivity contribution is 7.92. The molecule has 6 nitrogen and oxygen atoms in total. The Balaban J connectivity index is 1.35. The summed E-state index contributed by atoms with van der Waals surface area (Å²) in [5, 5.41) is 0. The molecule has 7 heteroatoms. The summed E-state index contributed by atoms with van der Waals surface area (Å²) in [6.45, 7) is 7.00. The Morgan fingerprint density at radius 1 is 0.857 bits per heavy atom. The molecule has 0 N–H and O–H groups in total. The Labute approximate surface area is 207 Å². The summed E-state index contributed by atoms with van der Waals surface area (Å²) in [6.07, 6.45) is 0.667. The monoisotopic (exact) mass is 490 g/mol. The van der Waals surface area contributed by atoms with Crippen LogP contribution in [0.4, 0.5) is 5.69 Å². The van der Waals surface area contributed by atoms with Crippen LogP contribution in [0.5, 0.6) is 0 Å². The number of rotatable bonds is 5. The number of anilines is 1. The summed E-state index contributed by atoms with van der Waals surface area (Å²) >= 11 is 0. The van der Waals surface area contributed by atoms with E-state index in [0.29, 0.717) is 55.6 Å². The topological polar surface area (TPSA) is 66.9 Å². The quantitative estimate of drug-likeness (QED) is 0.520. The van der Waals surface area contributed by atoms with Crippen molar-refractivity contribution in [2.24, 2.45) is 0 Å². The van der Waals surface area contributed by atoms with Gasteiger partial charge in [0.15, 0.2) is 0 Å². The molecule has 1 fully saturated rings. The number of fused-ring (bicyclic) bond motifs is 1. The van der Waals surface area contributed by atoms with E-state index in [-0.39, 0.29) is 5.91 Å². The average Bonchev–Trinajstić information content (AvgIpc) is 3.33. The van der Waals surface area contributed by atoms with Gasteiger partial charge in [-0.05, 0) is 71.0 Å². The van der Waals surface area contributed by atoms with Gasteiger partial charge in [0, 0.05) is 25.2 Å².